The molecule has 208 valence electrons. The van der Waals surface area contributed by atoms with Gasteiger partial charge in [-0.15, -0.1) is 0 Å². The molecule has 0 aliphatic carbocycles. The van der Waals surface area contributed by atoms with Crippen molar-refractivity contribution < 1.29 is 13.2 Å². The summed E-state index contributed by atoms with van der Waals surface area (Å²) in [6.45, 7) is 8.97. The Balaban J connectivity index is 1.59. The minimum absolute atomic E-state index is 0.101. The number of amides is 1. The largest absolute Gasteiger partial charge is 0.316 e. The van der Waals surface area contributed by atoms with Crippen LogP contribution >= 0.6 is 23.2 Å². The average Bonchev–Trinajstić information content (AvgIpc) is 3.17. The van der Waals surface area contributed by atoms with Crippen LogP contribution in [0.3, 0.4) is 0 Å². The molecule has 1 N–H and O–H groups in total. The first-order chi connectivity index (χ1) is 18.9. The molecule has 3 aromatic carbocycles. The number of carbonyl (C=O) groups excluding carboxylic acids is 1. The smallest absolute Gasteiger partial charge is 0.264 e. The maximum absolute atomic E-state index is 13.7. The number of aromatic nitrogens is 1. The van der Waals surface area contributed by atoms with E-state index in [4.69, 9.17) is 23.2 Å². The molecule has 0 unspecified atom stereocenters. The average molecular weight is 598 g/mol. The van der Waals surface area contributed by atoms with Gasteiger partial charge in [0, 0.05) is 22.0 Å². The molecule has 0 bridgehead atoms. The molecule has 7 nitrogen and oxygen atoms in total. The van der Waals surface area contributed by atoms with E-state index in [9.17, 15) is 13.2 Å². The quantitative estimate of drug-likeness (QED) is 0.182. The Morgan fingerprint density at radius 2 is 1.60 bits per heavy atom. The van der Waals surface area contributed by atoms with Crippen LogP contribution in [0, 0.1) is 34.6 Å². The molecule has 1 amide bonds. The van der Waals surface area contributed by atoms with Crippen molar-refractivity contribution in [3.05, 3.63) is 110 Å². The molecule has 1 heterocycles. The third-order valence-electron chi connectivity index (χ3n) is 6.54. The Bertz CT molecular complexity index is 1710. The molecule has 0 radical (unpaired) electrons. The number of halogens is 2. The van der Waals surface area contributed by atoms with Gasteiger partial charge < -0.3 is 4.57 Å². The van der Waals surface area contributed by atoms with Gasteiger partial charge in [-0.1, -0.05) is 53.0 Å². The minimum Gasteiger partial charge on any atom is -0.316 e. The number of hydrogen-bond acceptors (Lipinski definition) is 4. The summed E-state index contributed by atoms with van der Waals surface area (Å²) in [5.41, 5.74) is 8.77. The van der Waals surface area contributed by atoms with E-state index in [1.54, 1.807) is 42.5 Å². The summed E-state index contributed by atoms with van der Waals surface area (Å²) < 4.78 is 30.5. The van der Waals surface area contributed by atoms with Crippen LogP contribution in [0.1, 0.15) is 33.6 Å². The van der Waals surface area contributed by atoms with Gasteiger partial charge in [0.05, 0.1) is 27.5 Å². The van der Waals surface area contributed by atoms with Crippen LogP contribution < -0.4 is 9.73 Å². The first kappa shape index (κ1) is 29.4. The third-order valence-corrected chi connectivity index (χ3v) is 8.86. The molecule has 0 saturated carbocycles. The summed E-state index contributed by atoms with van der Waals surface area (Å²) in [5, 5.41) is 5.18. The van der Waals surface area contributed by atoms with Gasteiger partial charge in [-0.2, -0.15) is 5.10 Å². The first-order valence-electron chi connectivity index (χ1n) is 12.5. The number of sulfonamides is 1. The number of benzene rings is 3. The fourth-order valence-electron chi connectivity index (χ4n) is 4.42. The minimum atomic E-state index is -4.03. The number of hydrazone groups is 1. The van der Waals surface area contributed by atoms with Crippen LogP contribution in [0.5, 0.6) is 0 Å². The highest BCUT2D eigenvalue weighted by atomic mass is 35.5. The Morgan fingerprint density at radius 3 is 2.27 bits per heavy atom. The lowest BCUT2D eigenvalue weighted by Crippen LogP contribution is -2.40. The van der Waals surface area contributed by atoms with E-state index in [1.165, 1.54) is 6.21 Å². The van der Waals surface area contributed by atoms with Crippen LogP contribution in [0.2, 0.25) is 10.0 Å². The normalized spacial score (nSPS) is 11.7. The summed E-state index contributed by atoms with van der Waals surface area (Å²) in [7, 11) is -4.03. The van der Waals surface area contributed by atoms with Crippen molar-refractivity contribution in [3.63, 3.8) is 0 Å². The Morgan fingerprint density at radius 1 is 0.925 bits per heavy atom. The van der Waals surface area contributed by atoms with Gasteiger partial charge in [0.1, 0.15) is 6.54 Å². The molecule has 0 spiro atoms. The summed E-state index contributed by atoms with van der Waals surface area (Å²) >= 11 is 12.5. The number of anilines is 1. The molecule has 10 heteroatoms. The number of carbonyl (C=O) groups is 1. The topological polar surface area (TPSA) is 83.8 Å². The van der Waals surface area contributed by atoms with E-state index >= 15 is 0 Å². The number of hydrogen-bond donors (Lipinski definition) is 1. The second-order valence-corrected chi connectivity index (χ2v) is 12.4. The van der Waals surface area contributed by atoms with Crippen LogP contribution in [0.25, 0.3) is 5.69 Å². The molecule has 40 heavy (non-hydrogen) atoms. The van der Waals surface area contributed by atoms with Crippen molar-refractivity contribution in [2.75, 3.05) is 10.8 Å². The molecule has 0 aliphatic heterocycles. The van der Waals surface area contributed by atoms with E-state index in [0.29, 0.717) is 15.7 Å². The number of nitrogens with zero attached hydrogens (tertiary/aromatic N) is 3. The molecule has 0 aliphatic rings. The number of nitrogens with one attached hydrogen (secondary N) is 1. The van der Waals surface area contributed by atoms with Gasteiger partial charge in [-0.3, -0.25) is 9.10 Å². The van der Waals surface area contributed by atoms with Gasteiger partial charge in [0.15, 0.2) is 0 Å². The lowest BCUT2D eigenvalue weighted by atomic mass is 10.1. The van der Waals surface area contributed by atoms with Gasteiger partial charge >= 0.3 is 0 Å². The molecular formula is C30H30Cl2N4O3S. The maximum atomic E-state index is 13.7. The maximum Gasteiger partial charge on any atom is 0.264 e. The second-order valence-electron chi connectivity index (χ2n) is 9.67. The lowest BCUT2D eigenvalue weighted by Gasteiger charge is -2.25. The first-order valence-corrected chi connectivity index (χ1v) is 14.7. The summed E-state index contributed by atoms with van der Waals surface area (Å²) in [4.78, 5) is 13.1. The van der Waals surface area contributed by atoms with Crippen molar-refractivity contribution >= 4 is 51.0 Å². The Hall–Kier alpha value is -3.59. The fraction of sp³-hybridized carbons (Fsp3) is 0.200. The predicted molar refractivity (Wildman–Crippen MR) is 163 cm³/mol. The van der Waals surface area contributed by atoms with Crippen molar-refractivity contribution in [2.45, 2.75) is 39.5 Å². The van der Waals surface area contributed by atoms with Crippen LogP contribution in [0.4, 0.5) is 5.69 Å². The molecule has 0 fully saturated rings. The van der Waals surface area contributed by atoms with Gasteiger partial charge in [0.25, 0.3) is 15.9 Å². The van der Waals surface area contributed by atoms with E-state index in [2.05, 4.69) is 10.5 Å². The predicted octanol–water partition coefficient (Wildman–Crippen LogP) is 6.67. The van der Waals surface area contributed by atoms with Crippen molar-refractivity contribution in [1.29, 1.82) is 0 Å². The van der Waals surface area contributed by atoms with Crippen LogP contribution in [-0.2, 0) is 14.8 Å². The summed E-state index contributed by atoms with van der Waals surface area (Å²) in [6.07, 6.45) is 1.53. The standard InChI is InChI=1S/C30H30Cl2N4O3S/c1-19-7-11-26(12-8-19)40(38,39)35(29-14-20(2)6-9-21(29)3)18-30(37)34-33-17-24-15-22(4)36(23(24)5)28-13-10-25(31)16-27(28)32/h6-17H,18H2,1-5H3,(H,34,37)/b33-17-. The van der Waals surface area contributed by atoms with Crippen molar-refractivity contribution in [1.82, 2.24) is 9.99 Å². The summed E-state index contributed by atoms with van der Waals surface area (Å²) in [6, 6.07) is 19.2. The SMILES string of the molecule is Cc1ccc(S(=O)(=O)N(CC(=O)N/N=C\c2cc(C)n(-c3ccc(Cl)cc3Cl)c2C)c2cc(C)ccc2C)cc1. The van der Waals surface area contributed by atoms with Crippen molar-refractivity contribution in [3.8, 4) is 5.69 Å². The Kier molecular flexibility index (Phi) is 8.73. The van der Waals surface area contributed by atoms with Crippen molar-refractivity contribution in [2.24, 2.45) is 5.10 Å². The van der Waals surface area contributed by atoms with Crippen LogP contribution in [-0.4, -0.2) is 31.7 Å². The lowest BCUT2D eigenvalue weighted by molar-refractivity contribution is -0.119. The highest BCUT2D eigenvalue weighted by Gasteiger charge is 2.28. The third kappa shape index (κ3) is 6.25. The highest BCUT2D eigenvalue weighted by molar-refractivity contribution is 7.92. The van der Waals surface area contributed by atoms with E-state index in [0.717, 1.165) is 43.6 Å². The van der Waals surface area contributed by atoms with Gasteiger partial charge in [0.2, 0.25) is 0 Å². The van der Waals surface area contributed by atoms with Gasteiger partial charge in [-0.25, -0.2) is 13.8 Å². The number of aryl methyl sites for hydroxylation is 4. The number of rotatable bonds is 8. The molecule has 0 atom stereocenters. The Labute approximate surface area is 245 Å². The zero-order chi connectivity index (χ0) is 29.2. The zero-order valence-electron chi connectivity index (χ0n) is 22.9. The molecule has 1 aromatic heterocycles. The van der Waals surface area contributed by atoms with Gasteiger partial charge in [-0.05, 0) is 88.2 Å². The van der Waals surface area contributed by atoms with E-state index in [1.807, 2.05) is 63.5 Å². The second kappa shape index (κ2) is 11.9. The molecule has 4 rings (SSSR count). The fourth-order valence-corrected chi connectivity index (χ4v) is 6.39. The molecule has 0 saturated heterocycles. The highest BCUT2D eigenvalue weighted by Crippen LogP contribution is 2.29. The molecule has 4 aromatic rings. The molecular weight excluding hydrogens is 567 g/mol. The summed E-state index contributed by atoms with van der Waals surface area (Å²) in [5.74, 6) is -0.581. The van der Waals surface area contributed by atoms with E-state index < -0.39 is 22.5 Å². The van der Waals surface area contributed by atoms with E-state index in [-0.39, 0.29) is 4.90 Å². The monoisotopic (exact) mass is 596 g/mol. The zero-order valence-corrected chi connectivity index (χ0v) is 25.2. The van der Waals surface area contributed by atoms with Crippen LogP contribution in [0.15, 0.2) is 76.7 Å².